The summed E-state index contributed by atoms with van der Waals surface area (Å²) in [6.07, 6.45) is 2.64. The molecule has 2 aliphatic heterocycles. The third-order valence-electron chi connectivity index (χ3n) is 4.87. The Hall–Kier alpha value is -0.160. The molecular formula is C16H34N4. The van der Waals surface area contributed by atoms with Gasteiger partial charge < -0.3 is 19.6 Å². The summed E-state index contributed by atoms with van der Waals surface area (Å²) in [5.74, 6) is 0. The molecule has 2 saturated heterocycles. The molecule has 4 heteroatoms. The monoisotopic (exact) mass is 282 g/mol. The van der Waals surface area contributed by atoms with Crippen LogP contribution in [0.1, 0.15) is 26.7 Å². The highest BCUT2D eigenvalue weighted by Crippen LogP contribution is 2.05. The van der Waals surface area contributed by atoms with Crippen LogP contribution >= 0.6 is 0 Å². The largest absolute Gasteiger partial charge is 0.301 e. The molecule has 0 radical (unpaired) electrons. The highest BCUT2D eigenvalue weighted by molar-refractivity contribution is 4.74. The van der Waals surface area contributed by atoms with E-state index in [2.05, 4.69) is 33.4 Å². The Morgan fingerprint density at radius 3 is 1.35 bits per heavy atom. The summed E-state index contributed by atoms with van der Waals surface area (Å²) in [5, 5.41) is 0. The third-order valence-corrected chi connectivity index (χ3v) is 4.87. The van der Waals surface area contributed by atoms with Crippen LogP contribution in [0.5, 0.6) is 0 Å². The lowest BCUT2D eigenvalue weighted by Crippen LogP contribution is -2.48. The van der Waals surface area contributed by atoms with Crippen LogP contribution in [0.4, 0.5) is 0 Å². The first-order valence-corrected chi connectivity index (χ1v) is 8.71. The van der Waals surface area contributed by atoms with Gasteiger partial charge in [0.15, 0.2) is 0 Å². The molecule has 2 fully saturated rings. The molecule has 20 heavy (non-hydrogen) atoms. The van der Waals surface area contributed by atoms with Crippen LogP contribution in [0.25, 0.3) is 0 Å². The van der Waals surface area contributed by atoms with Crippen molar-refractivity contribution in [2.75, 3.05) is 78.5 Å². The van der Waals surface area contributed by atoms with Gasteiger partial charge in [-0.2, -0.15) is 0 Å². The van der Waals surface area contributed by atoms with Gasteiger partial charge in [0.25, 0.3) is 0 Å². The normalized spacial score (nSPS) is 24.3. The van der Waals surface area contributed by atoms with E-state index in [9.17, 15) is 0 Å². The van der Waals surface area contributed by atoms with Gasteiger partial charge in [0.1, 0.15) is 0 Å². The number of rotatable bonds is 7. The van der Waals surface area contributed by atoms with Crippen LogP contribution in [0.15, 0.2) is 0 Å². The van der Waals surface area contributed by atoms with Crippen molar-refractivity contribution in [2.24, 2.45) is 0 Å². The number of piperazine rings is 2. The van der Waals surface area contributed by atoms with Gasteiger partial charge in [-0.25, -0.2) is 0 Å². The maximum atomic E-state index is 2.66. The summed E-state index contributed by atoms with van der Waals surface area (Å²) in [6, 6.07) is 0. The van der Waals surface area contributed by atoms with Gasteiger partial charge in [-0.05, 0) is 39.0 Å². The van der Waals surface area contributed by atoms with E-state index < -0.39 is 0 Å². The first kappa shape index (κ1) is 16.2. The van der Waals surface area contributed by atoms with Crippen LogP contribution in [-0.4, -0.2) is 98.1 Å². The van der Waals surface area contributed by atoms with E-state index in [1.54, 1.807) is 0 Å². The molecule has 4 nitrogen and oxygen atoms in total. The Balaban J connectivity index is 1.52. The van der Waals surface area contributed by atoms with E-state index >= 15 is 0 Å². The fraction of sp³-hybridized carbons (Fsp3) is 1.00. The molecule has 0 aromatic rings. The molecule has 0 atom stereocenters. The van der Waals surface area contributed by atoms with Crippen LogP contribution < -0.4 is 0 Å². The Labute approximate surface area is 125 Å². The minimum Gasteiger partial charge on any atom is -0.301 e. The molecular weight excluding hydrogens is 248 g/mol. The molecule has 2 rings (SSSR count). The molecule has 0 saturated carbocycles. The van der Waals surface area contributed by atoms with Gasteiger partial charge in [0, 0.05) is 52.4 Å². The SMILES string of the molecule is CCCN1CCN(CCCN2CCN(CC)CC2)CC1. The zero-order chi connectivity index (χ0) is 14.2. The maximum Gasteiger partial charge on any atom is 0.0110 e. The average molecular weight is 282 g/mol. The maximum absolute atomic E-state index is 2.66. The van der Waals surface area contributed by atoms with Crippen molar-refractivity contribution < 1.29 is 0 Å². The van der Waals surface area contributed by atoms with E-state index in [0.29, 0.717) is 0 Å². The zero-order valence-electron chi connectivity index (χ0n) is 13.7. The summed E-state index contributed by atoms with van der Waals surface area (Å²) in [4.78, 5) is 10.5. The van der Waals surface area contributed by atoms with Crippen molar-refractivity contribution in [1.82, 2.24) is 19.6 Å². The van der Waals surface area contributed by atoms with E-state index in [-0.39, 0.29) is 0 Å². The fourth-order valence-corrected chi connectivity index (χ4v) is 3.40. The lowest BCUT2D eigenvalue weighted by molar-refractivity contribution is 0.112. The Kier molecular flexibility index (Phi) is 7.28. The molecule has 0 unspecified atom stereocenters. The number of hydrogen-bond acceptors (Lipinski definition) is 4. The standard InChI is InChI=1S/C16H34N4/c1-3-6-18-13-15-20(16-14-18)8-5-7-19-11-9-17(4-2)10-12-19/h3-16H2,1-2H3. The first-order chi connectivity index (χ1) is 9.81. The molecule has 0 amide bonds. The van der Waals surface area contributed by atoms with E-state index in [0.717, 1.165) is 0 Å². The van der Waals surface area contributed by atoms with Crippen LogP contribution in [0, 0.1) is 0 Å². The van der Waals surface area contributed by atoms with Gasteiger partial charge in [-0.15, -0.1) is 0 Å². The Morgan fingerprint density at radius 2 is 0.950 bits per heavy atom. The topological polar surface area (TPSA) is 13.0 Å². The number of nitrogens with zero attached hydrogens (tertiary/aromatic N) is 4. The number of hydrogen-bond donors (Lipinski definition) is 0. The van der Waals surface area contributed by atoms with E-state index in [1.165, 1.54) is 91.4 Å². The summed E-state index contributed by atoms with van der Waals surface area (Å²) in [5.41, 5.74) is 0. The molecule has 0 N–H and O–H groups in total. The summed E-state index contributed by atoms with van der Waals surface area (Å²) in [6.45, 7) is 19.9. The van der Waals surface area contributed by atoms with Crippen molar-refractivity contribution in [2.45, 2.75) is 26.7 Å². The molecule has 0 spiro atoms. The van der Waals surface area contributed by atoms with Crippen molar-refractivity contribution in [3.8, 4) is 0 Å². The quantitative estimate of drug-likeness (QED) is 0.692. The van der Waals surface area contributed by atoms with Gasteiger partial charge >= 0.3 is 0 Å². The van der Waals surface area contributed by atoms with Gasteiger partial charge in [-0.3, -0.25) is 0 Å². The molecule has 0 aromatic heterocycles. The summed E-state index contributed by atoms with van der Waals surface area (Å²) in [7, 11) is 0. The molecule has 118 valence electrons. The second-order valence-corrected chi connectivity index (χ2v) is 6.31. The van der Waals surface area contributed by atoms with Crippen molar-refractivity contribution in [3.05, 3.63) is 0 Å². The predicted molar refractivity (Wildman–Crippen MR) is 86.3 cm³/mol. The van der Waals surface area contributed by atoms with E-state index in [4.69, 9.17) is 0 Å². The highest BCUT2D eigenvalue weighted by atomic mass is 15.3. The average Bonchev–Trinajstić information content (AvgIpc) is 2.50. The smallest absolute Gasteiger partial charge is 0.0110 e. The summed E-state index contributed by atoms with van der Waals surface area (Å²) < 4.78 is 0. The van der Waals surface area contributed by atoms with Crippen LogP contribution in [0.3, 0.4) is 0 Å². The van der Waals surface area contributed by atoms with Crippen molar-refractivity contribution in [1.29, 1.82) is 0 Å². The minimum absolute atomic E-state index is 1.22. The number of likely N-dealkylation sites (N-methyl/N-ethyl adjacent to an activating group) is 1. The van der Waals surface area contributed by atoms with Crippen molar-refractivity contribution in [3.63, 3.8) is 0 Å². The van der Waals surface area contributed by atoms with Crippen LogP contribution in [-0.2, 0) is 0 Å². The third kappa shape index (κ3) is 5.32. The van der Waals surface area contributed by atoms with E-state index in [1.807, 2.05) is 0 Å². The lowest BCUT2D eigenvalue weighted by Gasteiger charge is -2.36. The molecule has 0 bridgehead atoms. The Morgan fingerprint density at radius 1 is 0.550 bits per heavy atom. The molecule has 0 aromatic carbocycles. The Bertz CT molecular complexity index is 243. The summed E-state index contributed by atoms with van der Waals surface area (Å²) >= 11 is 0. The van der Waals surface area contributed by atoms with Gasteiger partial charge in [-0.1, -0.05) is 13.8 Å². The molecule has 2 heterocycles. The molecule has 2 aliphatic rings. The second kappa shape index (κ2) is 8.98. The zero-order valence-corrected chi connectivity index (χ0v) is 13.7. The predicted octanol–water partition coefficient (Wildman–Crippen LogP) is 1.04. The first-order valence-electron chi connectivity index (χ1n) is 8.71. The van der Waals surface area contributed by atoms with Gasteiger partial charge in [0.05, 0.1) is 0 Å². The van der Waals surface area contributed by atoms with Crippen LogP contribution in [0.2, 0.25) is 0 Å². The minimum atomic E-state index is 1.22. The second-order valence-electron chi connectivity index (χ2n) is 6.31. The van der Waals surface area contributed by atoms with Crippen molar-refractivity contribution >= 4 is 0 Å². The van der Waals surface area contributed by atoms with Gasteiger partial charge in [0.2, 0.25) is 0 Å². The lowest BCUT2D eigenvalue weighted by atomic mass is 10.2. The highest BCUT2D eigenvalue weighted by Gasteiger charge is 2.17. The molecule has 0 aliphatic carbocycles. The fourth-order valence-electron chi connectivity index (χ4n) is 3.40.